The highest BCUT2D eigenvalue weighted by atomic mass is 16.3. The molecule has 0 aromatic carbocycles. The number of hydrogen-bond acceptors (Lipinski definition) is 49. The summed E-state index contributed by atoms with van der Waals surface area (Å²) in [5, 5.41) is 2.62. The average molecular weight is 1480 g/mol. The van der Waals surface area contributed by atoms with Gasteiger partial charge in [0.05, 0.1) is 6.33 Å². The number of aliphatic imine (C=N–C) groups is 36. The second-order valence-electron chi connectivity index (χ2n) is 21.5. The van der Waals surface area contributed by atoms with Crippen molar-refractivity contribution in [3.05, 3.63) is 16.7 Å². The highest BCUT2D eigenvalue weighted by Crippen LogP contribution is 2.32. The molecule has 2 aromatic heterocycles. The molecule has 18 aliphatic heterocycles. The van der Waals surface area contributed by atoms with Crippen LogP contribution in [0.15, 0.2) is 191 Å². The maximum Gasteiger partial charge on any atom is 0.302 e. The Morgan fingerprint density at radius 3 is 0.818 bits per heavy atom. The van der Waals surface area contributed by atoms with Gasteiger partial charge in [0.15, 0.2) is 115 Å². The van der Waals surface area contributed by atoms with Gasteiger partial charge in [0, 0.05) is 0 Å². The molecule has 9 amide bonds. The molecule has 0 atom stereocenters. The molecule has 110 heavy (non-hydrogen) atoms. The van der Waals surface area contributed by atoms with E-state index in [0.717, 1.165) is 63.4 Å². The molecule has 0 fully saturated rings. The number of nitrogens with zero attached hydrogens (tertiary/aromatic N) is 46. The van der Waals surface area contributed by atoms with Gasteiger partial charge >= 0.3 is 53.2 Å². The monoisotopic (exact) mass is 1470 g/mol. The molecule has 0 bridgehead atoms. The number of carbonyl (C=O) groups excluding carboxylic acids is 9. The van der Waals surface area contributed by atoms with Crippen molar-refractivity contribution in [3.63, 3.8) is 0 Å². The summed E-state index contributed by atoms with van der Waals surface area (Å²) in [6.45, 7) is 0. The molecule has 60 heteroatoms. The van der Waals surface area contributed by atoms with Crippen LogP contribution in [0.1, 0.15) is 0 Å². The maximum atomic E-state index is 15.3. The number of rotatable bonds is 2. The standard InChI is InChI=1S/C50H14N50O10/c101-31-11-21(61-1-51-11)71-41(81-31)91-93(43-73-23-13(33(103)83-43)53-3-63-23)95(45-75-25-15(35(105)85-45)55-5-65-25)97(47-77-27-17(37(107)87-47)57-7-67-27)99(49-79-29-19(39(109)89-49)59-9-69-29)100(50-80-30-20(40(110)90-50)60-10-70-30)98(48-78-28-18(38(108)88-48)58-8-68-28)96(46-76-26-16(36(106)86-46)56-6-66-26)94(44-74-24-14(34(104)84-44)54-4-64-24)92-42-72-22-12(32(102)82-42)52-2-62-22/h1-10H,(H,81,91,101)(H3,52,62,72,82,92,102). The van der Waals surface area contributed by atoms with E-state index in [9.17, 15) is 28.8 Å². The van der Waals surface area contributed by atoms with Crippen molar-refractivity contribution in [1.82, 2.24) is 66.3 Å². The van der Waals surface area contributed by atoms with Crippen molar-refractivity contribution < 1.29 is 43.2 Å². The van der Waals surface area contributed by atoms with E-state index in [1.807, 2.05) is 0 Å². The lowest BCUT2D eigenvalue weighted by Gasteiger charge is -2.52. The number of amidine groups is 9. The van der Waals surface area contributed by atoms with E-state index in [-0.39, 0.29) is 26.5 Å². The third-order valence-corrected chi connectivity index (χ3v) is 15.2. The molecule has 0 aliphatic carbocycles. The van der Waals surface area contributed by atoms with E-state index >= 15 is 19.2 Å². The Morgan fingerprint density at radius 2 is 0.509 bits per heavy atom. The number of fused-ring (bicyclic) bond motifs is 10. The van der Waals surface area contributed by atoms with Gasteiger partial charge in [-0.3, -0.25) is 52.9 Å². The zero-order chi connectivity index (χ0) is 74.5. The van der Waals surface area contributed by atoms with Crippen molar-refractivity contribution in [3.8, 4) is 0 Å². The van der Waals surface area contributed by atoms with Crippen LogP contribution in [0.25, 0.3) is 11.2 Å². The first-order chi connectivity index (χ1) is 53.6. The molecule has 60 nitrogen and oxygen atoms in total. The fraction of sp³-hybridized carbons (Fsp3) is 0. The number of carbonyl (C=O) groups is 9. The molecule has 0 saturated carbocycles. The van der Waals surface area contributed by atoms with Crippen molar-refractivity contribution in [2.24, 2.45) is 180 Å². The number of H-pyrrole nitrogens is 2. The quantitative estimate of drug-likeness (QED) is 0.203. The van der Waals surface area contributed by atoms with Crippen LogP contribution in [0.2, 0.25) is 0 Å². The lowest BCUT2D eigenvalue weighted by molar-refractivity contribution is -0.279. The number of aromatic nitrogens is 4. The Kier molecular flexibility index (Phi) is 12.8. The van der Waals surface area contributed by atoms with Crippen LogP contribution in [-0.4, -0.2) is 329 Å². The summed E-state index contributed by atoms with van der Waals surface area (Å²) in [5.74, 6) is -28.9. The van der Waals surface area contributed by atoms with Gasteiger partial charge in [0.1, 0.15) is 57.0 Å². The minimum Gasteiger partial charge on any atom is -0.339 e. The lowest BCUT2D eigenvalue weighted by Crippen LogP contribution is -2.77. The second-order valence-corrected chi connectivity index (χ2v) is 21.5. The van der Waals surface area contributed by atoms with Crippen molar-refractivity contribution in [1.29, 1.82) is 0 Å². The van der Waals surface area contributed by atoms with Gasteiger partial charge < -0.3 is 4.98 Å². The van der Waals surface area contributed by atoms with Crippen LogP contribution >= 0.6 is 0 Å². The van der Waals surface area contributed by atoms with Gasteiger partial charge in [-0.2, -0.15) is 94.8 Å². The molecule has 0 saturated heterocycles. The molecule has 20 heterocycles. The minimum atomic E-state index is -1.42. The lowest BCUT2D eigenvalue weighted by atomic mass is 10.3. The zero-order valence-corrected chi connectivity index (χ0v) is 52.4. The summed E-state index contributed by atoms with van der Waals surface area (Å²) < 4.78 is 0. The average Bonchev–Trinajstić information content (AvgIpc) is 1.03. The first-order valence-corrected chi connectivity index (χ1v) is 29.9. The van der Waals surface area contributed by atoms with Crippen molar-refractivity contribution in [2.45, 2.75) is 0 Å². The summed E-state index contributed by atoms with van der Waals surface area (Å²) in [6, 6.07) is 0. The smallest absolute Gasteiger partial charge is 0.302 e. The maximum absolute atomic E-state index is 15.3. The number of hydrazine groups is 9. The molecule has 0 radical (unpaired) electrons. The molecule has 0 spiro atoms. The van der Waals surface area contributed by atoms with E-state index in [4.69, 9.17) is 0 Å². The normalized spacial score (nSPS) is 21.0. The van der Waals surface area contributed by atoms with Gasteiger partial charge in [-0.25, -0.2) is 106 Å². The predicted octanol–water partition coefficient (Wildman–Crippen LogP) is -9.70. The number of anilines is 1. The Bertz CT molecular complexity index is 6470. The molecule has 0 unspecified atom stereocenters. The van der Waals surface area contributed by atoms with Gasteiger partial charge in [-0.05, 0) is 0 Å². The Hall–Kier alpha value is -18.5. The third kappa shape index (κ3) is 9.65. The van der Waals surface area contributed by atoms with E-state index in [0.29, 0.717) is 25.6 Å². The number of aromatic amines is 2. The van der Waals surface area contributed by atoms with E-state index in [2.05, 4.69) is 211 Å². The molecular weight excluding hydrogens is 1460 g/mol. The molecule has 524 valence electrons. The number of amides is 9. The Labute approximate surface area is 594 Å². The van der Waals surface area contributed by atoms with Gasteiger partial charge in [0.25, 0.3) is 53.2 Å². The topological polar surface area (TPSA) is 723 Å². The highest BCUT2D eigenvalue weighted by Gasteiger charge is 2.55. The van der Waals surface area contributed by atoms with Crippen LogP contribution in [0.3, 0.4) is 0 Å². The largest absolute Gasteiger partial charge is 0.339 e. The molecule has 2 aromatic rings. The second kappa shape index (κ2) is 23.0. The van der Waals surface area contributed by atoms with E-state index in [1.54, 1.807) is 0 Å². The van der Waals surface area contributed by atoms with E-state index < -0.39 is 222 Å². The number of hydrogen-bond donors (Lipinski definition) is 4. The summed E-state index contributed by atoms with van der Waals surface area (Å²) in [5.41, 5.74) is -1.23. The number of imidazole rings is 1. The van der Waals surface area contributed by atoms with Crippen LogP contribution in [0.4, 0.5) is 5.95 Å². The number of guanidine groups is 9. The minimum absolute atomic E-state index is 0.241. The Morgan fingerprint density at radius 1 is 0.264 bits per heavy atom. The highest BCUT2D eigenvalue weighted by molar-refractivity contribution is 6.76. The summed E-state index contributed by atoms with van der Waals surface area (Å²) in [7, 11) is 0. The third-order valence-electron chi connectivity index (χ3n) is 15.2. The van der Waals surface area contributed by atoms with Crippen LogP contribution in [-0.2, 0) is 43.2 Å². The summed E-state index contributed by atoms with van der Waals surface area (Å²) >= 11 is 0. The van der Waals surface area contributed by atoms with Crippen LogP contribution < -0.4 is 16.4 Å². The van der Waals surface area contributed by atoms with Gasteiger partial charge in [-0.15, -0.1) is 40.9 Å². The predicted molar refractivity (Wildman–Crippen MR) is 378 cm³/mol. The zero-order valence-electron chi connectivity index (χ0n) is 52.4. The van der Waals surface area contributed by atoms with Crippen molar-refractivity contribution >= 4 is 285 Å². The van der Waals surface area contributed by atoms with Crippen molar-refractivity contribution in [2.75, 3.05) is 5.43 Å². The SMILES string of the molecule is O=C1N=C(NN(C2=NC(=O)C3=NC=NC3=N2)N(C2=NC(=O)C3=NC=NC3=N2)N(C2=NC(=O)C3=NC=NC3=N2)N(C2=NC(=O)C3=NC=NC3=N2)N(C2=NC(=O)C3=NC=NC3=N2)N(C2=NC(=O)C3=NC=NC3=N2)N(C2=NC(=O)C3=NC=NC3=N2)N(Nc2nc3nc[nH]c3c(=O)[nH]2)C2=NC(=O)C3=NC=NC3=N2)N=C2N=CN=C12. The van der Waals surface area contributed by atoms with E-state index in [1.165, 1.54) is 0 Å². The molecular formula is C50H14N50O10. The van der Waals surface area contributed by atoms with Crippen LogP contribution in [0.5, 0.6) is 0 Å². The molecule has 4 N–H and O–H groups in total. The molecule has 18 aliphatic rings. The van der Waals surface area contributed by atoms with Gasteiger partial charge in [0.2, 0.25) is 11.9 Å². The fourth-order valence-electron chi connectivity index (χ4n) is 10.6. The summed E-state index contributed by atoms with van der Waals surface area (Å²) in [6.07, 6.45) is 9.00. The number of nitrogens with one attached hydrogen (secondary N) is 4. The Balaban J connectivity index is 0.949. The first-order valence-electron chi connectivity index (χ1n) is 29.9. The van der Waals surface area contributed by atoms with Gasteiger partial charge in [-0.1, -0.05) is 0 Å². The fourth-order valence-corrected chi connectivity index (χ4v) is 10.6. The van der Waals surface area contributed by atoms with Crippen LogP contribution in [0, 0.1) is 0 Å². The first kappa shape index (κ1) is 61.4. The molecule has 20 rings (SSSR count). The summed E-state index contributed by atoms with van der Waals surface area (Å²) in [4.78, 5) is 315.